The van der Waals surface area contributed by atoms with Crippen LogP contribution in [-0.2, 0) is 4.79 Å². The van der Waals surface area contributed by atoms with Crippen molar-refractivity contribution in [1.82, 2.24) is 5.32 Å². The van der Waals surface area contributed by atoms with Gasteiger partial charge in [-0.2, -0.15) is 0 Å². The van der Waals surface area contributed by atoms with E-state index in [-0.39, 0.29) is 17.9 Å². The summed E-state index contributed by atoms with van der Waals surface area (Å²) in [6, 6.07) is 5.36. The number of anilines is 1. The maximum absolute atomic E-state index is 12.1. The van der Waals surface area contributed by atoms with Crippen molar-refractivity contribution in [3.63, 3.8) is 0 Å². The lowest BCUT2D eigenvalue weighted by molar-refractivity contribution is -0.119. The van der Waals surface area contributed by atoms with Crippen molar-refractivity contribution in [1.29, 1.82) is 0 Å². The van der Waals surface area contributed by atoms with Gasteiger partial charge in [0.1, 0.15) is 0 Å². The Morgan fingerprint density at radius 1 is 1.41 bits per heavy atom. The van der Waals surface area contributed by atoms with Crippen LogP contribution in [0.1, 0.15) is 13.3 Å². The second-order valence-corrected chi connectivity index (χ2v) is 5.04. The summed E-state index contributed by atoms with van der Waals surface area (Å²) in [5, 5.41) is 6.97. The van der Waals surface area contributed by atoms with E-state index >= 15 is 0 Å². The topological polar surface area (TPSA) is 41.1 Å². The van der Waals surface area contributed by atoms with Crippen molar-refractivity contribution in [3.8, 4) is 0 Å². The summed E-state index contributed by atoms with van der Waals surface area (Å²) in [5.41, 5.74) is 0.500. The van der Waals surface area contributed by atoms with Crippen LogP contribution in [0.4, 0.5) is 5.69 Å². The lowest BCUT2D eigenvalue weighted by Gasteiger charge is -2.16. The van der Waals surface area contributed by atoms with E-state index in [1.807, 2.05) is 6.92 Å². The van der Waals surface area contributed by atoms with Crippen LogP contribution >= 0.6 is 23.2 Å². The maximum Gasteiger partial charge on any atom is 0.229 e. The molecule has 1 aromatic carbocycles. The van der Waals surface area contributed by atoms with Gasteiger partial charge < -0.3 is 10.6 Å². The fourth-order valence-corrected chi connectivity index (χ4v) is 2.54. The predicted octanol–water partition coefficient (Wildman–Crippen LogP) is 2.93. The number of carbonyl (C=O) groups is 1. The molecule has 0 aliphatic carbocycles. The number of halogens is 2. The van der Waals surface area contributed by atoms with E-state index in [0.29, 0.717) is 15.7 Å². The molecule has 1 aromatic rings. The number of carbonyl (C=O) groups excluding carboxylic acids is 1. The van der Waals surface area contributed by atoms with Crippen LogP contribution in [0.2, 0.25) is 10.0 Å². The fraction of sp³-hybridized carbons (Fsp3) is 0.417. The lowest BCUT2D eigenvalue weighted by atomic mass is 10.0. The van der Waals surface area contributed by atoms with Crippen LogP contribution in [0.15, 0.2) is 18.2 Å². The Bertz CT molecular complexity index is 416. The number of hydrogen-bond donors (Lipinski definition) is 2. The maximum atomic E-state index is 12.1. The summed E-state index contributed by atoms with van der Waals surface area (Å²) in [4.78, 5) is 12.1. The second-order valence-electron chi connectivity index (χ2n) is 4.22. The van der Waals surface area contributed by atoms with Crippen molar-refractivity contribution in [2.45, 2.75) is 19.4 Å². The number of benzene rings is 1. The molecule has 1 fully saturated rings. The SMILES string of the molecule is CC1NCCC1C(=O)Nc1c(Cl)cccc1Cl. The molecule has 92 valence electrons. The van der Waals surface area contributed by atoms with Gasteiger partial charge in [-0.05, 0) is 32.0 Å². The van der Waals surface area contributed by atoms with Crippen molar-refractivity contribution in [2.75, 3.05) is 11.9 Å². The molecule has 2 rings (SSSR count). The molecule has 2 unspecified atom stereocenters. The molecule has 0 radical (unpaired) electrons. The van der Waals surface area contributed by atoms with Crippen LogP contribution in [-0.4, -0.2) is 18.5 Å². The van der Waals surface area contributed by atoms with Crippen molar-refractivity contribution in [2.24, 2.45) is 5.92 Å². The first-order chi connectivity index (χ1) is 8.09. The average Bonchev–Trinajstić information content (AvgIpc) is 2.70. The van der Waals surface area contributed by atoms with Gasteiger partial charge in [0.05, 0.1) is 21.7 Å². The largest absolute Gasteiger partial charge is 0.323 e. The van der Waals surface area contributed by atoms with Crippen LogP contribution in [0.5, 0.6) is 0 Å². The van der Waals surface area contributed by atoms with E-state index < -0.39 is 0 Å². The van der Waals surface area contributed by atoms with Crippen molar-refractivity contribution in [3.05, 3.63) is 28.2 Å². The van der Waals surface area contributed by atoms with Gasteiger partial charge >= 0.3 is 0 Å². The minimum Gasteiger partial charge on any atom is -0.323 e. The monoisotopic (exact) mass is 272 g/mol. The average molecular weight is 273 g/mol. The highest BCUT2D eigenvalue weighted by atomic mass is 35.5. The molecule has 1 amide bonds. The van der Waals surface area contributed by atoms with E-state index in [9.17, 15) is 4.79 Å². The first-order valence-corrected chi connectivity index (χ1v) is 6.33. The molecule has 2 atom stereocenters. The summed E-state index contributed by atoms with van der Waals surface area (Å²) in [7, 11) is 0. The van der Waals surface area contributed by atoms with Crippen LogP contribution in [0, 0.1) is 5.92 Å². The first kappa shape index (κ1) is 12.7. The minimum atomic E-state index is -0.0301. The molecule has 17 heavy (non-hydrogen) atoms. The second kappa shape index (κ2) is 5.25. The summed E-state index contributed by atoms with van der Waals surface area (Å²) >= 11 is 12.0. The third kappa shape index (κ3) is 2.73. The first-order valence-electron chi connectivity index (χ1n) is 5.58. The Kier molecular flexibility index (Phi) is 3.92. The third-order valence-corrected chi connectivity index (χ3v) is 3.70. The molecule has 5 heteroatoms. The highest BCUT2D eigenvalue weighted by Crippen LogP contribution is 2.30. The zero-order valence-electron chi connectivity index (χ0n) is 9.47. The number of para-hydroxylation sites is 1. The van der Waals surface area contributed by atoms with E-state index in [2.05, 4.69) is 10.6 Å². The van der Waals surface area contributed by atoms with Gasteiger partial charge in [-0.3, -0.25) is 4.79 Å². The van der Waals surface area contributed by atoms with Gasteiger partial charge in [0, 0.05) is 6.04 Å². The van der Waals surface area contributed by atoms with Crippen molar-refractivity contribution >= 4 is 34.8 Å². The number of hydrogen-bond acceptors (Lipinski definition) is 2. The zero-order valence-corrected chi connectivity index (χ0v) is 11.0. The number of amides is 1. The van der Waals surface area contributed by atoms with Gasteiger partial charge in [-0.15, -0.1) is 0 Å². The quantitative estimate of drug-likeness (QED) is 0.869. The molecular formula is C12H14Cl2N2O. The Hall–Kier alpha value is -0.770. The molecule has 0 aromatic heterocycles. The zero-order chi connectivity index (χ0) is 12.4. The van der Waals surface area contributed by atoms with E-state index in [4.69, 9.17) is 23.2 Å². The van der Waals surface area contributed by atoms with Crippen LogP contribution in [0.25, 0.3) is 0 Å². The molecule has 0 spiro atoms. The molecule has 2 N–H and O–H groups in total. The Morgan fingerprint density at radius 2 is 2.06 bits per heavy atom. The molecule has 1 aliphatic heterocycles. The molecular weight excluding hydrogens is 259 g/mol. The molecule has 3 nitrogen and oxygen atoms in total. The molecule has 1 heterocycles. The normalized spacial score (nSPS) is 23.7. The standard InChI is InChI=1S/C12H14Cl2N2O/c1-7-8(5-6-15-7)12(17)16-11-9(13)3-2-4-10(11)14/h2-4,7-8,15H,5-6H2,1H3,(H,16,17). The molecule has 0 saturated carbocycles. The van der Waals surface area contributed by atoms with Gasteiger partial charge in [0.2, 0.25) is 5.91 Å². The van der Waals surface area contributed by atoms with Gasteiger partial charge in [-0.1, -0.05) is 29.3 Å². The molecule has 1 aliphatic rings. The smallest absolute Gasteiger partial charge is 0.229 e. The Balaban J connectivity index is 2.13. The summed E-state index contributed by atoms with van der Waals surface area (Å²) in [5.74, 6) is -0.0557. The highest BCUT2D eigenvalue weighted by molar-refractivity contribution is 6.39. The fourth-order valence-electron chi connectivity index (χ4n) is 2.05. The van der Waals surface area contributed by atoms with Gasteiger partial charge in [0.15, 0.2) is 0 Å². The van der Waals surface area contributed by atoms with E-state index in [0.717, 1.165) is 13.0 Å². The molecule has 1 saturated heterocycles. The van der Waals surface area contributed by atoms with Crippen LogP contribution < -0.4 is 10.6 Å². The van der Waals surface area contributed by atoms with Gasteiger partial charge in [-0.25, -0.2) is 0 Å². The predicted molar refractivity (Wildman–Crippen MR) is 70.7 cm³/mol. The molecule has 0 bridgehead atoms. The highest BCUT2D eigenvalue weighted by Gasteiger charge is 2.29. The number of nitrogens with one attached hydrogen (secondary N) is 2. The minimum absolute atomic E-state index is 0.0256. The summed E-state index contributed by atoms with van der Waals surface area (Å²) in [6.45, 7) is 2.88. The van der Waals surface area contributed by atoms with Crippen LogP contribution in [0.3, 0.4) is 0 Å². The van der Waals surface area contributed by atoms with Gasteiger partial charge in [0.25, 0.3) is 0 Å². The number of rotatable bonds is 2. The summed E-state index contributed by atoms with van der Waals surface area (Å²) in [6.07, 6.45) is 0.842. The Morgan fingerprint density at radius 3 is 2.59 bits per heavy atom. The summed E-state index contributed by atoms with van der Waals surface area (Å²) < 4.78 is 0. The third-order valence-electron chi connectivity index (χ3n) is 3.07. The van der Waals surface area contributed by atoms with E-state index in [1.165, 1.54) is 0 Å². The van der Waals surface area contributed by atoms with Crippen molar-refractivity contribution < 1.29 is 4.79 Å². The lowest BCUT2D eigenvalue weighted by Crippen LogP contribution is -2.32. The Labute approximate surface area is 110 Å². The van der Waals surface area contributed by atoms with E-state index in [1.54, 1.807) is 18.2 Å².